The predicted molar refractivity (Wildman–Crippen MR) is 55.6 cm³/mol. The molecule has 0 saturated carbocycles. The van der Waals surface area contributed by atoms with Gasteiger partial charge in [0, 0.05) is 5.69 Å². The molecule has 2 aromatic heterocycles. The van der Waals surface area contributed by atoms with Gasteiger partial charge in [-0.1, -0.05) is 0 Å². The smallest absolute Gasteiger partial charge is 0.266 e. The standard InChI is InChI=1S/C10H9N5O/c1-7(15-6-12-5-13-15)9-3-2-8(4-11)10(16)14-9/h2-3,5-7H,1H3,(H,14,16)/t7-/m0/s1. The summed E-state index contributed by atoms with van der Waals surface area (Å²) >= 11 is 0. The van der Waals surface area contributed by atoms with Crippen molar-refractivity contribution in [2.75, 3.05) is 0 Å². The molecule has 0 amide bonds. The molecule has 6 heteroatoms. The highest BCUT2D eigenvalue weighted by molar-refractivity contribution is 5.27. The fourth-order valence-corrected chi connectivity index (χ4v) is 1.38. The first-order valence-corrected chi connectivity index (χ1v) is 4.70. The number of nitriles is 1. The van der Waals surface area contributed by atoms with Gasteiger partial charge in [0.2, 0.25) is 0 Å². The second-order valence-electron chi connectivity index (χ2n) is 3.32. The van der Waals surface area contributed by atoms with Crippen LogP contribution in [0.15, 0.2) is 29.6 Å². The quantitative estimate of drug-likeness (QED) is 0.787. The molecule has 6 nitrogen and oxygen atoms in total. The number of hydrogen-bond donors (Lipinski definition) is 1. The summed E-state index contributed by atoms with van der Waals surface area (Å²) in [5, 5.41) is 12.6. The molecule has 0 aromatic carbocycles. The van der Waals surface area contributed by atoms with E-state index >= 15 is 0 Å². The Labute approximate surface area is 91.2 Å². The van der Waals surface area contributed by atoms with Crippen LogP contribution in [-0.4, -0.2) is 19.7 Å². The topological polar surface area (TPSA) is 87.4 Å². The zero-order chi connectivity index (χ0) is 11.5. The molecule has 0 unspecified atom stereocenters. The Bertz CT molecular complexity index is 578. The maximum Gasteiger partial charge on any atom is 0.266 e. The number of aromatic nitrogens is 4. The lowest BCUT2D eigenvalue weighted by atomic mass is 10.2. The lowest BCUT2D eigenvalue weighted by Crippen LogP contribution is -2.17. The maximum atomic E-state index is 11.4. The molecule has 2 rings (SSSR count). The van der Waals surface area contributed by atoms with E-state index in [1.807, 2.05) is 13.0 Å². The minimum absolute atomic E-state index is 0.106. The van der Waals surface area contributed by atoms with Gasteiger partial charge in [0.25, 0.3) is 5.56 Å². The maximum absolute atomic E-state index is 11.4. The summed E-state index contributed by atoms with van der Waals surface area (Å²) in [4.78, 5) is 17.9. The minimum atomic E-state index is -0.382. The van der Waals surface area contributed by atoms with Gasteiger partial charge >= 0.3 is 0 Å². The molecule has 1 N–H and O–H groups in total. The van der Waals surface area contributed by atoms with Crippen molar-refractivity contribution < 1.29 is 0 Å². The SMILES string of the molecule is C[C@@H](c1ccc(C#N)c(=O)[nH]1)n1cncn1. The highest BCUT2D eigenvalue weighted by Crippen LogP contribution is 2.11. The third kappa shape index (κ3) is 1.70. The van der Waals surface area contributed by atoms with Gasteiger partial charge in [-0.15, -0.1) is 0 Å². The largest absolute Gasteiger partial charge is 0.323 e. The van der Waals surface area contributed by atoms with Crippen LogP contribution in [0.1, 0.15) is 24.2 Å². The van der Waals surface area contributed by atoms with Gasteiger partial charge < -0.3 is 4.98 Å². The predicted octanol–water partition coefficient (Wildman–Crippen LogP) is 0.447. The van der Waals surface area contributed by atoms with Crippen molar-refractivity contribution in [1.82, 2.24) is 19.7 Å². The molecule has 0 aliphatic carbocycles. The Morgan fingerprint density at radius 3 is 2.94 bits per heavy atom. The average molecular weight is 215 g/mol. The molecule has 1 atom stereocenters. The molecular formula is C10H9N5O. The van der Waals surface area contributed by atoms with Crippen molar-refractivity contribution in [3.8, 4) is 6.07 Å². The van der Waals surface area contributed by atoms with Gasteiger partial charge in [0.05, 0.1) is 6.04 Å². The first-order valence-electron chi connectivity index (χ1n) is 4.70. The van der Waals surface area contributed by atoms with E-state index in [0.29, 0.717) is 5.69 Å². The number of aromatic amines is 1. The summed E-state index contributed by atoms with van der Waals surface area (Å²) in [7, 11) is 0. The Kier molecular flexibility index (Phi) is 2.52. The highest BCUT2D eigenvalue weighted by atomic mass is 16.1. The van der Waals surface area contributed by atoms with E-state index in [9.17, 15) is 4.79 Å². The summed E-state index contributed by atoms with van der Waals surface area (Å²) in [5.74, 6) is 0. The van der Waals surface area contributed by atoms with E-state index in [4.69, 9.17) is 5.26 Å². The number of hydrogen-bond acceptors (Lipinski definition) is 4. The fourth-order valence-electron chi connectivity index (χ4n) is 1.38. The van der Waals surface area contributed by atoms with Crippen LogP contribution in [0, 0.1) is 11.3 Å². The number of nitrogens with zero attached hydrogens (tertiary/aromatic N) is 4. The lowest BCUT2D eigenvalue weighted by molar-refractivity contribution is 0.548. The zero-order valence-electron chi connectivity index (χ0n) is 8.58. The summed E-state index contributed by atoms with van der Waals surface area (Å²) in [5.41, 5.74) is 0.413. The van der Waals surface area contributed by atoms with Crippen LogP contribution in [0.3, 0.4) is 0 Å². The van der Waals surface area contributed by atoms with E-state index in [2.05, 4.69) is 15.1 Å². The summed E-state index contributed by atoms with van der Waals surface area (Å²) in [6.07, 6.45) is 3.00. The number of nitrogens with one attached hydrogen (secondary N) is 1. The third-order valence-electron chi connectivity index (χ3n) is 2.34. The number of H-pyrrole nitrogens is 1. The van der Waals surface area contributed by atoms with Gasteiger partial charge in [-0.2, -0.15) is 10.4 Å². The molecular weight excluding hydrogens is 206 g/mol. The van der Waals surface area contributed by atoms with Crippen LogP contribution < -0.4 is 5.56 Å². The molecule has 2 aromatic rings. The normalized spacial score (nSPS) is 12.0. The Morgan fingerprint density at radius 2 is 2.38 bits per heavy atom. The molecule has 0 radical (unpaired) electrons. The molecule has 0 aliphatic rings. The van der Waals surface area contributed by atoms with E-state index in [1.165, 1.54) is 12.4 Å². The Hall–Kier alpha value is -2.42. The molecule has 16 heavy (non-hydrogen) atoms. The van der Waals surface area contributed by atoms with Gasteiger partial charge in [-0.05, 0) is 19.1 Å². The van der Waals surface area contributed by atoms with Crippen molar-refractivity contribution in [2.24, 2.45) is 0 Å². The first-order chi connectivity index (χ1) is 7.72. The van der Waals surface area contributed by atoms with Gasteiger partial charge in [0.1, 0.15) is 24.3 Å². The molecule has 2 heterocycles. The second kappa shape index (κ2) is 3.98. The van der Waals surface area contributed by atoms with Crippen LogP contribution in [-0.2, 0) is 0 Å². The fraction of sp³-hybridized carbons (Fsp3) is 0.200. The first kappa shape index (κ1) is 10.1. The van der Waals surface area contributed by atoms with Gasteiger partial charge in [-0.3, -0.25) is 4.79 Å². The van der Waals surface area contributed by atoms with Crippen molar-refractivity contribution in [1.29, 1.82) is 5.26 Å². The molecule has 0 aliphatic heterocycles. The van der Waals surface area contributed by atoms with Crippen LogP contribution in [0.25, 0.3) is 0 Å². The molecule has 80 valence electrons. The summed E-state index contributed by atoms with van der Waals surface area (Å²) < 4.78 is 1.62. The Balaban J connectivity index is 2.40. The summed E-state index contributed by atoms with van der Waals surface area (Å²) in [6.45, 7) is 1.88. The monoisotopic (exact) mass is 215 g/mol. The molecule has 0 saturated heterocycles. The van der Waals surface area contributed by atoms with Crippen LogP contribution >= 0.6 is 0 Å². The van der Waals surface area contributed by atoms with Crippen molar-refractivity contribution >= 4 is 0 Å². The number of pyridine rings is 1. The number of rotatable bonds is 2. The van der Waals surface area contributed by atoms with Crippen LogP contribution in [0.2, 0.25) is 0 Å². The zero-order valence-corrected chi connectivity index (χ0v) is 8.58. The molecule has 0 spiro atoms. The summed E-state index contributed by atoms with van der Waals surface area (Å²) in [6, 6.07) is 4.90. The highest BCUT2D eigenvalue weighted by Gasteiger charge is 2.10. The van der Waals surface area contributed by atoms with Crippen molar-refractivity contribution in [2.45, 2.75) is 13.0 Å². The average Bonchev–Trinajstić information content (AvgIpc) is 2.81. The molecule has 0 fully saturated rings. The van der Waals surface area contributed by atoms with E-state index in [1.54, 1.807) is 17.1 Å². The minimum Gasteiger partial charge on any atom is -0.323 e. The van der Waals surface area contributed by atoms with E-state index in [0.717, 1.165) is 0 Å². The third-order valence-corrected chi connectivity index (χ3v) is 2.34. The van der Waals surface area contributed by atoms with Crippen molar-refractivity contribution in [3.63, 3.8) is 0 Å². The van der Waals surface area contributed by atoms with E-state index < -0.39 is 0 Å². The Morgan fingerprint density at radius 1 is 1.56 bits per heavy atom. The van der Waals surface area contributed by atoms with E-state index in [-0.39, 0.29) is 17.2 Å². The lowest BCUT2D eigenvalue weighted by Gasteiger charge is -2.10. The second-order valence-corrected chi connectivity index (χ2v) is 3.32. The van der Waals surface area contributed by atoms with Crippen LogP contribution in [0.4, 0.5) is 0 Å². The van der Waals surface area contributed by atoms with Gasteiger partial charge in [0.15, 0.2) is 0 Å². The van der Waals surface area contributed by atoms with Crippen molar-refractivity contribution in [3.05, 3.63) is 46.4 Å². The molecule has 0 bridgehead atoms. The van der Waals surface area contributed by atoms with Crippen LogP contribution in [0.5, 0.6) is 0 Å². The van der Waals surface area contributed by atoms with Gasteiger partial charge in [-0.25, -0.2) is 9.67 Å².